The van der Waals surface area contributed by atoms with E-state index in [1.807, 2.05) is 23.6 Å². The summed E-state index contributed by atoms with van der Waals surface area (Å²) in [6, 6.07) is 8.03. The van der Waals surface area contributed by atoms with Gasteiger partial charge >= 0.3 is 0 Å². The lowest BCUT2D eigenvalue weighted by atomic mass is 10.3. The Labute approximate surface area is 100 Å². The first-order chi connectivity index (χ1) is 7.86. The SMILES string of the molecule is OCc1nc(-c2nc3ccccc3s2)cs1. The fourth-order valence-electron chi connectivity index (χ4n) is 1.46. The summed E-state index contributed by atoms with van der Waals surface area (Å²) in [5.74, 6) is 0. The average Bonchev–Trinajstić information content (AvgIpc) is 2.95. The maximum absolute atomic E-state index is 8.97. The van der Waals surface area contributed by atoms with Gasteiger partial charge in [0.05, 0.1) is 16.8 Å². The maximum Gasteiger partial charge on any atom is 0.143 e. The van der Waals surface area contributed by atoms with Crippen molar-refractivity contribution >= 4 is 32.9 Å². The Kier molecular flexibility index (Phi) is 2.43. The van der Waals surface area contributed by atoms with Gasteiger partial charge in [-0.2, -0.15) is 0 Å². The first-order valence-corrected chi connectivity index (χ1v) is 6.47. The van der Waals surface area contributed by atoms with Gasteiger partial charge in [0, 0.05) is 5.38 Å². The molecule has 3 rings (SSSR count). The number of fused-ring (bicyclic) bond motifs is 1. The van der Waals surface area contributed by atoms with Crippen LogP contribution >= 0.6 is 22.7 Å². The molecule has 0 saturated heterocycles. The standard InChI is InChI=1S/C11H8N2OS2/c14-5-10-12-8(6-15-10)11-13-7-3-1-2-4-9(7)16-11/h1-4,6,14H,5H2. The van der Waals surface area contributed by atoms with Crippen LogP contribution in [0, 0.1) is 0 Å². The zero-order chi connectivity index (χ0) is 11.0. The highest BCUT2D eigenvalue weighted by Crippen LogP contribution is 2.30. The van der Waals surface area contributed by atoms with E-state index in [0.29, 0.717) is 0 Å². The van der Waals surface area contributed by atoms with Gasteiger partial charge < -0.3 is 5.11 Å². The maximum atomic E-state index is 8.97. The van der Waals surface area contributed by atoms with Crippen molar-refractivity contribution in [3.05, 3.63) is 34.7 Å². The number of thiazole rings is 2. The van der Waals surface area contributed by atoms with Crippen molar-refractivity contribution in [2.45, 2.75) is 6.61 Å². The predicted molar refractivity (Wildman–Crippen MR) is 66.7 cm³/mol. The molecule has 80 valence electrons. The minimum atomic E-state index is -0.00440. The number of aromatic nitrogens is 2. The molecule has 3 nitrogen and oxygen atoms in total. The Bertz CT molecular complexity index is 596. The third-order valence-electron chi connectivity index (χ3n) is 2.20. The molecule has 0 bridgehead atoms. The molecule has 0 atom stereocenters. The molecule has 2 heterocycles. The van der Waals surface area contributed by atoms with E-state index in [0.717, 1.165) is 25.9 Å². The number of nitrogens with zero attached hydrogens (tertiary/aromatic N) is 2. The largest absolute Gasteiger partial charge is 0.389 e. The highest BCUT2D eigenvalue weighted by molar-refractivity contribution is 7.21. The van der Waals surface area contributed by atoms with Crippen molar-refractivity contribution in [2.24, 2.45) is 0 Å². The van der Waals surface area contributed by atoms with Gasteiger partial charge in [0.2, 0.25) is 0 Å². The Morgan fingerprint density at radius 3 is 2.81 bits per heavy atom. The van der Waals surface area contributed by atoms with Gasteiger partial charge in [-0.1, -0.05) is 12.1 Å². The van der Waals surface area contributed by atoms with Crippen molar-refractivity contribution in [2.75, 3.05) is 0 Å². The average molecular weight is 248 g/mol. The summed E-state index contributed by atoms with van der Waals surface area (Å²) < 4.78 is 1.16. The van der Waals surface area contributed by atoms with Crippen LogP contribution in [-0.2, 0) is 6.61 Å². The molecule has 0 unspecified atom stereocenters. The minimum absolute atomic E-state index is 0.00440. The molecule has 16 heavy (non-hydrogen) atoms. The lowest BCUT2D eigenvalue weighted by molar-refractivity contribution is 0.281. The van der Waals surface area contributed by atoms with Crippen LogP contribution in [0.15, 0.2) is 29.6 Å². The molecular weight excluding hydrogens is 240 g/mol. The van der Waals surface area contributed by atoms with Crippen LogP contribution in [-0.4, -0.2) is 15.1 Å². The van der Waals surface area contributed by atoms with Crippen molar-refractivity contribution in [3.8, 4) is 10.7 Å². The third kappa shape index (κ3) is 1.63. The molecule has 0 radical (unpaired) electrons. The van der Waals surface area contributed by atoms with E-state index in [9.17, 15) is 0 Å². The zero-order valence-electron chi connectivity index (χ0n) is 8.25. The topological polar surface area (TPSA) is 46.0 Å². The first-order valence-electron chi connectivity index (χ1n) is 4.78. The third-order valence-corrected chi connectivity index (χ3v) is 4.09. The summed E-state index contributed by atoms with van der Waals surface area (Å²) in [4.78, 5) is 8.82. The van der Waals surface area contributed by atoms with E-state index in [1.165, 1.54) is 11.3 Å². The van der Waals surface area contributed by atoms with Crippen LogP contribution in [0.25, 0.3) is 20.9 Å². The van der Waals surface area contributed by atoms with E-state index in [4.69, 9.17) is 5.11 Å². The van der Waals surface area contributed by atoms with E-state index >= 15 is 0 Å². The summed E-state index contributed by atoms with van der Waals surface area (Å²) >= 11 is 3.09. The molecule has 0 spiro atoms. The smallest absolute Gasteiger partial charge is 0.143 e. The van der Waals surface area contributed by atoms with Crippen LogP contribution in [0.5, 0.6) is 0 Å². The Balaban J connectivity index is 2.11. The highest BCUT2D eigenvalue weighted by atomic mass is 32.1. The molecule has 3 aromatic rings. The Morgan fingerprint density at radius 2 is 2.06 bits per heavy atom. The number of hydrogen-bond donors (Lipinski definition) is 1. The summed E-state index contributed by atoms with van der Waals surface area (Å²) in [5, 5.41) is 12.5. The predicted octanol–water partition coefficient (Wildman–Crippen LogP) is 2.91. The fourth-order valence-corrected chi connectivity index (χ4v) is 3.10. The molecule has 0 saturated carbocycles. The van der Waals surface area contributed by atoms with Crippen LogP contribution in [0.4, 0.5) is 0 Å². The van der Waals surface area contributed by atoms with E-state index in [2.05, 4.69) is 16.0 Å². The van der Waals surface area contributed by atoms with Gasteiger partial charge in [-0.15, -0.1) is 22.7 Å². The molecular formula is C11H8N2OS2. The molecule has 0 aliphatic carbocycles. The number of aliphatic hydroxyl groups excluding tert-OH is 1. The normalized spacial score (nSPS) is 11.1. The van der Waals surface area contributed by atoms with Crippen molar-refractivity contribution in [1.82, 2.24) is 9.97 Å². The van der Waals surface area contributed by atoms with Gasteiger partial charge in [0.15, 0.2) is 0 Å². The first kappa shape index (κ1) is 9.89. The molecule has 0 fully saturated rings. The quantitative estimate of drug-likeness (QED) is 0.758. The lowest BCUT2D eigenvalue weighted by Crippen LogP contribution is -1.80. The number of rotatable bonds is 2. The molecule has 1 aromatic carbocycles. The van der Waals surface area contributed by atoms with Gasteiger partial charge in [0.25, 0.3) is 0 Å². The van der Waals surface area contributed by atoms with Gasteiger partial charge in [-0.3, -0.25) is 0 Å². The summed E-state index contributed by atoms with van der Waals surface area (Å²) in [7, 11) is 0. The second kappa shape index (κ2) is 3.93. The van der Waals surface area contributed by atoms with Gasteiger partial charge in [-0.05, 0) is 12.1 Å². The Morgan fingerprint density at radius 1 is 1.19 bits per heavy atom. The van der Waals surface area contributed by atoms with Crippen LogP contribution in [0.3, 0.4) is 0 Å². The van der Waals surface area contributed by atoms with E-state index in [1.54, 1.807) is 11.3 Å². The zero-order valence-corrected chi connectivity index (χ0v) is 9.88. The second-order valence-electron chi connectivity index (χ2n) is 3.27. The van der Waals surface area contributed by atoms with Crippen LogP contribution < -0.4 is 0 Å². The van der Waals surface area contributed by atoms with Crippen molar-refractivity contribution in [3.63, 3.8) is 0 Å². The van der Waals surface area contributed by atoms with Crippen molar-refractivity contribution in [1.29, 1.82) is 0 Å². The van der Waals surface area contributed by atoms with E-state index in [-0.39, 0.29) is 6.61 Å². The molecule has 0 amide bonds. The number of aliphatic hydroxyl groups is 1. The highest BCUT2D eigenvalue weighted by Gasteiger charge is 2.09. The number of hydrogen-bond acceptors (Lipinski definition) is 5. The monoisotopic (exact) mass is 248 g/mol. The summed E-state index contributed by atoms with van der Waals surface area (Å²) in [6.07, 6.45) is 0. The molecule has 1 N–H and O–H groups in total. The fraction of sp³-hybridized carbons (Fsp3) is 0.0909. The Hall–Kier alpha value is -1.30. The molecule has 0 aliphatic heterocycles. The summed E-state index contributed by atoms with van der Waals surface area (Å²) in [6.45, 7) is -0.00440. The lowest BCUT2D eigenvalue weighted by Gasteiger charge is -1.85. The van der Waals surface area contributed by atoms with Gasteiger partial charge in [0.1, 0.15) is 15.7 Å². The van der Waals surface area contributed by atoms with E-state index < -0.39 is 0 Å². The molecule has 0 aliphatic rings. The summed E-state index contributed by atoms with van der Waals surface area (Å²) in [5.41, 5.74) is 1.86. The van der Waals surface area contributed by atoms with Crippen molar-refractivity contribution < 1.29 is 5.11 Å². The number of para-hydroxylation sites is 1. The van der Waals surface area contributed by atoms with Crippen LogP contribution in [0.1, 0.15) is 5.01 Å². The van der Waals surface area contributed by atoms with Gasteiger partial charge in [-0.25, -0.2) is 9.97 Å². The van der Waals surface area contributed by atoms with Crippen LogP contribution in [0.2, 0.25) is 0 Å². The molecule has 5 heteroatoms. The number of benzene rings is 1. The second-order valence-corrected chi connectivity index (χ2v) is 5.24. The minimum Gasteiger partial charge on any atom is -0.389 e. The molecule has 2 aromatic heterocycles.